The number of hydrogen-bond donors (Lipinski definition) is 1. The number of carbonyl (C=O) groups is 3. The van der Waals surface area contributed by atoms with E-state index in [-0.39, 0.29) is 23.7 Å². The Hall–Kier alpha value is -3.41. The van der Waals surface area contributed by atoms with Crippen LogP contribution in [0.15, 0.2) is 85.1 Å². The third-order valence-corrected chi connectivity index (χ3v) is 6.64. The van der Waals surface area contributed by atoms with Gasteiger partial charge in [-0.05, 0) is 44.9 Å². The maximum atomic E-state index is 12.6. The van der Waals surface area contributed by atoms with E-state index in [9.17, 15) is 14.4 Å². The lowest BCUT2D eigenvalue weighted by molar-refractivity contribution is -0.132. The van der Waals surface area contributed by atoms with Gasteiger partial charge in [-0.25, -0.2) is 4.79 Å². The summed E-state index contributed by atoms with van der Waals surface area (Å²) in [6, 6.07) is 0. The van der Waals surface area contributed by atoms with E-state index in [1.165, 1.54) is 0 Å². The van der Waals surface area contributed by atoms with Gasteiger partial charge in [-0.15, -0.1) is 0 Å². The highest BCUT2D eigenvalue weighted by Crippen LogP contribution is 2.31. The van der Waals surface area contributed by atoms with Crippen LogP contribution in [-0.2, 0) is 14.4 Å². The fourth-order valence-electron chi connectivity index (χ4n) is 4.63. The van der Waals surface area contributed by atoms with Gasteiger partial charge in [0, 0.05) is 56.6 Å². The van der Waals surface area contributed by atoms with Crippen LogP contribution in [0.5, 0.6) is 0 Å². The molecular formula is C32H44N2O4. The second-order valence-electron chi connectivity index (χ2n) is 9.69. The summed E-state index contributed by atoms with van der Waals surface area (Å²) in [4.78, 5) is 38.8. The molecule has 2 rings (SSSR count). The number of hydrogen-bond acceptors (Lipinski definition) is 3. The molecule has 0 aliphatic carbocycles. The Kier molecular flexibility index (Phi) is 15.2. The third-order valence-electron chi connectivity index (χ3n) is 6.64. The largest absolute Gasteiger partial charge is 0.478 e. The lowest BCUT2D eigenvalue weighted by Gasteiger charge is -2.21. The van der Waals surface area contributed by atoms with Crippen LogP contribution in [0.2, 0.25) is 0 Å². The molecule has 2 amide bonds. The summed E-state index contributed by atoms with van der Waals surface area (Å²) in [6.45, 7) is 4.68. The van der Waals surface area contributed by atoms with Crippen LogP contribution in [0, 0.1) is 11.8 Å². The molecule has 0 bridgehead atoms. The first-order valence-electron chi connectivity index (χ1n) is 13.9. The van der Waals surface area contributed by atoms with Crippen molar-refractivity contribution in [3.05, 3.63) is 85.1 Å². The zero-order chi connectivity index (χ0) is 27.4. The quantitative estimate of drug-likeness (QED) is 0.199. The summed E-state index contributed by atoms with van der Waals surface area (Å²) in [7, 11) is 0. The van der Waals surface area contributed by atoms with Crippen LogP contribution < -0.4 is 0 Å². The fraction of sp³-hybridized carbons (Fsp3) is 0.469. The molecule has 0 spiro atoms. The number of carbonyl (C=O) groups excluding carboxylic acids is 2. The van der Waals surface area contributed by atoms with Gasteiger partial charge in [0.2, 0.25) is 11.8 Å². The Morgan fingerprint density at radius 3 is 1.50 bits per heavy atom. The number of amides is 2. The number of carboxylic acids is 1. The highest BCUT2D eigenvalue weighted by molar-refractivity contribution is 5.94. The van der Waals surface area contributed by atoms with Crippen molar-refractivity contribution >= 4 is 17.8 Å². The summed E-state index contributed by atoms with van der Waals surface area (Å²) in [5, 5.41) is 8.67. The molecule has 2 fully saturated rings. The van der Waals surface area contributed by atoms with Crippen LogP contribution in [-0.4, -0.2) is 58.9 Å². The maximum absolute atomic E-state index is 12.6. The summed E-state index contributed by atoms with van der Waals surface area (Å²) in [5.74, 6) is -0.652. The molecule has 0 saturated carbocycles. The fourth-order valence-corrected chi connectivity index (χ4v) is 4.63. The number of nitrogens with zero attached hydrogens (tertiary/aromatic N) is 2. The first-order chi connectivity index (χ1) is 18.5. The summed E-state index contributed by atoms with van der Waals surface area (Å²) >= 11 is 0. The van der Waals surface area contributed by atoms with E-state index in [0.29, 0.717) is 32.6 Å². The Morgan fingerprint density at radius 2 is 1.05 bits per heavy atom. The monoisotopic (exact) mass is 520 g/mol. The van der Waals surface area contributed by atoms with E-state index in [4.69, 9.17) is 5.11 Å². The molecule has 1 N–H and O–H groups in total. The molecule has 0 aromatic rings. The topological polar surface area (TPSA) is 77.9 Å². The van der Waals surface area contributed by atoms with Crippen molar-refractivity contribution in [2.45, 2.75) is 58.3 Å². The van der Waals surface area contributed by atoms with Crippen LogP contribution >= 0.6 is 0 Å². The smallest absolute Gasteiger partial charge is 0.328 e. The normalized spacial score (nSPS) is 20.2. The molecule has 0 radical (unpaired) electrons. The minimum atomic E-state index is -1.12. The SMILES string of the molecule is CCC=CCC=CCC=CCC=CCC=CCC=CCCC(=O)N1CC2CN(C(=O)C=CC(=O)O)CC2C1. The molecule has 206 valence electrons. The average Bonchev–Trinajstić information content (AvgIpc) is 3.48. The maximum Gasteiger partial charge on any atom is 0.328 e. The molecular weight excluding hydrogens is 476 g/mol. The van der Waals surface area contributed by atoms with Crippen LogP contribution in [0.25, 0.3) is 0 Å². The lowest BCUT2D eigenvalue weighted by Crippen LogP contribution is -2.35. The van der Waals surface area contributed by atoms with Crippen LogP contribution in [0.4, 0.5) is 0 Å². The number of rotatable bonds is 16. The van der Waals surface area contributed by atoms with E-state index in [1.54, 1.807) is 4.90 Å². The van der Waals surface area contributed by atoms with Gasteiger partial charge < -0.3 is 14.9 Å². The highest BCUT2D eigenvalue weighted by Gasteiger charge is 2.42. The molecule has 38 heavy (non-hydrogen) atoms. The van der Waals surface area contributed by atoms with E-state index in [2.05, 4.69) is 79.8 Å². The van der Waals surface area contributed by atoms with Gasteiger partial charge >= 0.3 is 5.97 Å². The van der Waals surface area contributed by atoms with E-state index >= 15 is 0 Å². The predicted octanol–water partition coefficient (Wildman–Crippen LogP) is 6.02. The van der Waals surface area contributed by atoms with E-state index in [0.717, 1.165) is 57.1 Å². The number of allylic oxidation sites excluding steroid dienone is 12. The molecule has 2 aliphatic rings. The first kappa shape index (κ1) is 30.8. The van der Waals surface area contributed by atoms with Crippen molar-refractivity contribution in [1.82, 2.24) is 9.80 Å². The zero-order valence-electron chi connectivity index (χ0n) is 22.8. The van der Waals surface area contributed by atoms with Crippen molar-refractivity contribution < 1.29 is 19.5 Å². The third kappa shape index (κ3) is 12.7. The Labute approximate surface area is 228 Å². The molecule has 2 atom stereocenters. The van der Waals surface area contributed by atoms with E-state index < -0.39 is 5.97 Å². The standard InChI is InChI=1S/C32H44N2O4/c1-2-3-4-5-6-7-8-9-10-11-12-13-14-15-16-17-18-19-20-21-30(35)33-24-28-26-34(27-29(28)25-33)31(36)22-23-32(37)38/h3-4,6-7,9-10,12-13,15-16,18-19,22-23,28-29H,2,5,8,11,14,17,20-21,24-27H2,1H3,(H,37,38). The summed E-state index contributed by atoms with van der Waals surface area (Å²) in [6.07, 6.45) is 35.1. The number of fused-ring (bicyclic) bond motifs is 1. The summed E-state index contributed by atoms with van der Waals surface area (Å²) in [5.41, 5.74) is 0. The molecule has 2 aliphatic heterocycles. The number of aliphatic carboxylic acids is 1. The van der Waals surface area contributed by atoms with Crippen LogP contribution in [0.3, 0.4) is 0 Å². The lowest BCUT2D eigenvalue weighted by atomic mass is 10.0. The molecule has 6 nitrogen and oxygen atoms in total. The van der Waals surface area contributed by atoms with Gasteiger partial charge in [-0.3, -0.25) is 9.59 Å². The highest BCUT2D eigenvalue weighted by atomic mass is 16.4. The predicted molar refractivity (Wildman–Crippen MR) is 154 cm³/mol. The van der Waals surface area contributed by atoms with Gasteiger partial charge in [0.05, 0.1) is 0 Å². The molecule has 2 unspecified atom stereocenters. The number of likely N-dealkylation sites (tertiary alicyclic amines) is 2. The van der Waals surface area contributed by atoms with Crippen molar-refractivity contribution in [3.63, 3.8) is 0 Å². The molecule has 2 heterocycles. The van der Waals surface area contributed by atoms with Gasteiger partial charge in [-0.1, -0.05) is 79.8 Å². The molecule has 0 aromatic carbocycles. The van der Waals surface area contributed by atoms with Gasteiger partial charge in [0.15, 0.2) is 0 Å². The Bertz CT molecular complexity index is 941. The van der Waals surface area contributed by atoms with E-state index in [1.807, 2.05) is 4.90 Å². The molecule has 6 heteroatoms. The Morgan fingerprint density at radius 1 is 0.632 bits per heavy atom. The first-order valence-corrected chi connectivity index (χ1v) is 13.9. The van der Waals surface area contributed by atoms with Gasteiger partial charge in [0.1, 0.15) is 0 Å². The average molecular weight is 521 g/mol. The molecule has 2 saturated heterocycles. The second-order valence-corrected chi connectivity index (χ2v) is 9.69. The van der Waals surface area contributed by atoms with Crippen molar-refractivity contribution in [3.8, 4) is 0 Å². The minimum absolute atomic E-state index is 0.169. The van der Waals surface area contributed by atoms with Crippen molar-refractivity contribution in [2.24, 2.45) is 11.8 Å². The Balaban J connectivity index is 1.49. The minimum Gasteiger partial charge on any atom is -0.478 e. The number of carboxylic acid groups (broad SMARTS) is 1. The molecule has 0 aromatic heterocycles. The van der Waals surface area contributed by atoms with Gasteiger partial charge in [0.25, 0.3) is 0 Å². The second kappa shape index (κ2) is 18.8. The zero-order valence-corrected chi connectivity index (χ0v) is 22.8. The summed E-state index contributed by atoms with van der Waals surface area (Å²) < 4.78 is 0. The van der Waals surface area contributed by atoms with Crippen molar-refractivity contribution in [1.29, 1.82) is 0 Å². The van der Waals surface area contributed by atoms with Crippen LogP contribution in [0.1, 0.15) is 58.3 Å². The van der Waals surface area contributed by atoms with Crippen molar-refractivity contribution in [2.75, 3.05) is 26.2 Å². The van der Waals surface area contributed by atoms with Gasteiger partial charge in [-0.2, -0.15) is 0 Å².